The van der Waals surface area contributed by atoms with Crippen molar-refractivity contribution in [2.24, 2.45) is 5.16 Å². The molecule has 2 rings (SSSR count). The zero-order chi connectivity index (χ0) is 11.5. The summed E-state index contributed by atoms with van der Waals surface area (Å²) in [6, 6.07) is 6.43. The lowest BCUT2D eigenvalue weighted by Gasteiger charge is -2.02. The molecule has 4 heteroatoms. The van der Waals surface area contributed by atoms with Crippen molar-refractivity contribution in [1.82, 2.24) is 0 Å². The smallest absolute Gasteiger partial charge is 0.140 e. The number of hydrogen-bond acceptors (Lipinski definition) is 4. The van der Waals surface area contributed by atoms with Gasteiger partial charge in [0.2, 0.25) is 0 Å². The van der Waals surface area contributed by atoms with E-state index in [2.05, 4.69) is 5.16 Å². The molecule has 84 valence electrons. The SMILES string of the molecule is CCCc1c/c(=N\O)c2ccc(O)cc2o1. The normalized spacial score (nSPS) is 12.2. The molecule has 2 aromatic rings. The summed E-state index contributed by atoms with van der Waals surface area (Å²) in [7, 11) is 0. The minimum Gasteiger partial charge on any atom is -0.508 e. The summed E-state index contributed by atoms with van der Waals surface area (Å²) in [6.45, 7) is 2.04. The van der Waals surface area contributed by atoms with Crippen LogP contribution in [0.3, 0.4) is 0 Å². The third kappa shape index (κ3) is 1.86. The van der Waals surface area contributed by atoms with Gasteiger partial charge in [-0.15, -0.1) is 0 Å². The van der Waals surface area contributed by atoms with Gasteiger partial charge in [0, 0.05) is 23.9 Å². The van der Waals surface area contributed by atoms with Crippen molar-refractivity contribution in [2.75, 3.05) is 0 Å². The first-order valence-corrected chi connectivity index (χ1v) is 5.18. The standard InChI is InChI=1S/C12H13NO3/c1-2-3-9-7-11(13-15)10-5-4-8(14)6-12(10)16-9/h4-7,14-15H,2-3H2,1H3/b13-11+. The van der Waals surface area contributed by atoms with Crippen LogP contribution in [0, 0.1) is 0 Å². The molecule has 0 aliphatic heterocycles. The quantitative estimate of drug-likeness (QED) is 0.602. The highest BCUT2D eigenvalue weighted by atomic mass is 16.4. The fourth-order valence-corrected chi connectivity index (χ4v) is 1.66. The number of benzene rings is 1. The summed E-state index contributed by atoms with van der Waals surface area (Å²) < 4.78 is 5.59. The number of phenols is 1. The van der Waals surface area contributed by atoms with Crippen LogP contribution >= 0.6 is 0 Å². The molecular weight excluding hydrogens is 206 g/mol. The Bertz CT molecular complexity index is 572. The first-order valence-electron chi connectivity index (χ1n) is 5.18. The molecule has 4 nitrogen and oxygen atoms in total. The molecule has 0 saturated carbocycles. The number of hydrogen-bond donors (Lipinski definition) is 2. The molecule has 2 N–H and O–H groups in total. The van der Waals surface area contributed by atoms with Crippen molar-refractivity contribution < 1.29 is 14.7 Å². The molecule has 0 aliphatic rings. The van der Waals surface area contributed by atoms with Crippen LogP contribution in [-0.2, 0) is 6.42 Å². The number of aromatic hydroxyl groups is 1. The van der Waals surface area contributed by atoms with Crippen LogP contribution < -0.4 is 5.36 Å². The van der Waals surface area contributed by atoms with Gasteiger partial charge >= 0.3 is 0 Å². The first kappa shape index (κ1) is 10.5. The highest BCUT2D eigenvalue weighted by Crippen LogP contribution is 2.18. The van der Waals surface area contributed by atoms with Crippen LogP contribution in [-0.4, -0.2) is 10.3 Å². The van der Waals surface area contributed by atoms with E-state index in [0.717, 1.165) is 18.6 Å². The van der Waals surface area contributed by atoms with E-state index >= 15 is 0 Å². The van der Waals surface area contributed by atoms with Gasteiger partial charge in [-0.25, -0.2) is 0 Å². The minimum absolute atomic E-state index is 0.133. The molecule has 1 aromatic carbocycles. The average Bonchev–Trinajstić information content (AvgIpc) is 2.27. The lowest BCUT2D eigenvalue weighted by atomic mass is 10.2. The van der Waals surface area contributed by atoms with Gasteiger partial charge in [-0.3, -0.25) is 0 Å². The summed E-state index contributed by atoms with van der Waals surface area (Å²) in [5.41, 5.74) is 0.527. The largest absolute Gasteiger partial charge is 0.508 e. The van der Waals surface area contributed by atoms with Gasteiger partial charge in [0.25, 0.3) is 0 Å². The topological polar surface area (TPSA) is 66.0 Å². The maximum atomic E-state index is 9.36. The Balaban J connectivity index is 2.74. The van der Waals surface area contributed by atoms with Crippen molar-refractivity contribution in [3.63, 3.8) is 0 Å². The molecule has 0 aliphatic carbocycles. The second kappa shape index (κ2) is 4.26. The highest BCUT2D eigenvalue weighted by molar-refractivity contribution is 5.77. The number of aryl methyl sites for hydroxylation is 1. The Kier molecular flexibility index (Phi) is 2.81. The van der Waals surface area contributed by atoms with E-state index in [1.54, 1.807) is 12.1 Å². The summed E-state index contributed by atoms with van der Waals surface area (Å²) in [6.07, 6.45) is 1.72. The Morgan fingerprint density at radius 3 is 2.81 bits per heavy atom. The predicted molar refractivity (Wildman–Crippen MR) is 59.2 cm³/mol. The summed E-state index contributed by atoms with van der Waals surface area (Å²) in [4.78, 5) is 0. The fourth-order valence-electron chi connectivity index (χ4n) is 1.66. The van der Waals surface area contributed by atoms with E-state index in [-0.39, 0.29) is 5.75 Å². The molecule has 0 bridgehead atoms. The van der Waals surface area contributed by atoms with E-state index in [9.17, 15) is 5.11 Å². The molecule has 0 spiro atoms. The lowest BCUT2D eigenvalue weighted by molar-refractivity contribution is 0.302. The van der Waals surface area contributed by atoms with E-state index in [0.29, 0.717) is 16.3 Å². The summed E-state index contributed by atoms with van der Waals surface area (Å²) >= 11 is 0. The van der Waals surface area contributed by atoms with Gasteiger partial charge in [-0.2, -0.15) is 0 Å². The van der Waals surface area contributed by atoms with E-state index in [1.807, 2.05) is 6.92 Å². The molecule has 0 atom stereocenters. The zero-order valence-corrected chi connectivity index (χ0v) is 8.97. The van der Waals surface area contributed by atoms with Crippen LogP contribution in [0.25, 0.3) is 11.0 Å². The number of nitrogens with zero attached hydrogens (tertiary/aromatic N) is 1. The van der Waals surface area contributed by atoms with Crippen LogP contribution in [0.5, 0.6) is 5.75 Å². The third-order valence-electron chi connectivity index (χ3n) is 2.38. The van der Waals surface area contributed by atoms with Gasteiger partial charge < -0.3 is 14.7 Å². The van der Waals surface area contributed by atoms with E-state index < -0.39 is 0 Å². The summed E-state index contributed by atoms with van der Waals surface area (Å²) in [5, 5.41) is 22.7. The Labute approximate surface area is 92.5 Å². The molecule has 0 unspecified atom stereocenters. The van der Waals surface area contributed by atoms with Crippen molar-refractivity contribution in [2.45, 2.75) is 19.8 Å². The molecule has 1 heterocycles. The van der Waals surface area contributed by atoms with Gasteiger partial charge in [-0.1, -0.05) is 12.1 Å². The van der Waals surface area contributed by atoms with E-state index in [4.69, 9.17) is 9.62 Å². The van der Waals surface area contributed by atoms with Gasteiger partial charge in [-0.05, 0) is 18.6 Å². The third-order valence-corrected chi connectivity index (χ3v) is 2.38. The van der Waals surface area contributed by atoms with Crippen LogP contribution in [0.1, 0.15) is 19.1 Å². The molecule has 0 saturated heterocycles. The molecule has 1 aromatic heterocycles. The zero-order valence-electron chi connectivity index (χ0n) is 8.97. The minimum atomic E-state index is 0.133. The molecule has 16 heavy (non-hydrogen) atoms. The second-order valence-corrected chi connectivity index (χ2v) is 3.63. The number of fused-ring (bicyclic) bond motifs is 1. The Morgan fingerprint density at radius 2 is 2.12 bits per heavy atom. The average molecular weight is 219 g/mol. The monoisotopic (exact) mass is 219 g/mol. The van der Waals surface area contributed by atoms with Gasteiger partial charge in [0.15, 0.2) is 0 Å². The first-order chi connectivity index (χ1) is 7.74. The van der Waals surface area contributed by atoms with Gasteiger partial charge in [0.05, 0.1) is 0 Å². The van der Waals surface area contributed by atoms with Crippen LogP contribution in [0.2, 0.25) is 0 Å². The predicted octanol–water partition coefficient (Wildman–Crippen LogP) is 2.38. The Morgan fingerprint density at radius 1 is 1.31 bits per heavy atom. The molecule has 0 radical (unpaired) electrons. The van der Waals surface area contributed by atoms with Crippen molar-refractivity contribution in [3.8, 4) is 5.75 Å². The Hall–Kier alpha value is -1.97. The molecular formula is C12H13NO3. The summed E-state index contributed by atoms with van der Waals surface area (Å²) in [5.74, 6) is 0.877. The lowest BCUT2D eigenvalue weighted by Crippen LogP contribution is -2.04. The van der Waals surface area contributed by atoms with Crippen LogP contribution in [0.4, 0.5) is 0 Å². The van der Waals surface area contributed by atoms with Crippen LogP contribution in [0.15, 0.2) is 33.8 Å². The maximum absolute atomic E-state index is 9.36. The van der Waals surface area contributed by atoms with E-state index in [1.165, 1.54) is 12.1 Å². The fraction of sp³-hybridized carbons (Fsp3) is 0.250. The van der Waals surface area contributed by atoms with Gasteiger partial charge in [0.1, 0.15) is 22.5 Å². The van der Waals surface area contributed by atoms with Crippen molar-refractivity contribution >= 4 is 11.0 Å². The van der Waals surface area contributed by atoms with Crippen molar-refractivity contribution in [1.29, 1.82) is 0 Å². The highest BCUT2D eigenvalue weighted by Gasteiger charge is 2.04. The van der Waals surface area contributed by atoms with Crippen molar-refractivity contribution in [3.05, 3.63) is 35.4 Å². The second-order valence-electron chi connectivity index (χ2n) is 3.63. The molecule has 0 fully saturated rings. The number of phenolic OH excluding ortho intramolecular Hbond substituents is 1. The number of rotatable bonds is 2. The maximum Gasteiger partial charge on any atom is 0.140 e. The molecule has 0 amide bonds.